The van der Waals surface area contributed by atoms with Crippen molar-refractivity contribution in [3.8, 4) is 70.0 Å². The van der Waals surface area contributed by atoms with Gasteiger partial charge in [0.15, 0.2) is 23.3 Å². The molecule has 10 aromatic heterocycles. The summed E-state index contributed by atoms with van der Waals surface area (Å²) in [4.78, 5) is 59.4. The molecule has 0 amide bonds. The summed E-state index contributed by atoms with van der Waals surface area (Å²) in [7, 11) is 0. The number of nitrogens with one attached hydrogen (secondary N) is 8. The minimum Gasteiger partial charge on any atom is -0.370 e. The molecule has 121 heavy (non-hydrogen) atoms. The zero-order valence-electron chi connectivity index (χ0n) is 64.8. The topological polar surface area (TPSA) is 359 Å². The molecular weight excluding hydrogens is 1640 g/mol. The minimum atomic E-state index is 0.515. The van der Waals surface area contributed by atoms with Crippen molar-refractivity contribution < 1.29 is 0 Å². The van der Waals surface area contributed by atoms with Gasteiger partial charge < -0.3 is 42.5 Å². The number of thiophene rings is 1. The number of fused-ring (bicyclic) bond motifs is 5. The van der Waals surface area contributed by atoms with E-state index in [2.05, 4.69) is 124 Å². The van der Waals surface area contributed by atoms with Crippen LogP contribution in [-0.2, 0) is 0 Å². The first kappa shape index (κ1) is 82.6. The fraction of sp³-hybridized carbons (Fsp3) is 0.120. The Balaban J connectivity index is 0.000000132. The summed E-state index contributed by atoms with van der Waals surface area (Å²) in [5, 5.41) is 73.2. The maximum Gasteiger partial charge on any atom is 0.181 e. The van der Waals surface area contributed by atoms with Gasteiger partial charge in [-0.2, -0.15) is 32.4 Å². The van der Waals surface area contributed by atoms with Crippen molar-refractivity contribution in [3.05, 3.63) is 303 Å². The summed E-state index contributed by atoms with van der Waals surface area (Å²) in [5.41, 5.74) is 9.20. The zero-order valence-corrected chi connectivity index (χ0v) is 68.7. The van der Waals surface area contributed by atoms with E-state index in [-0.39, 0.29) is 0 Å². The highest BCUT2D eigenvalue weighted by atomic mass is 79.9. The fourth-order valence-electron chi connectivity index (χ4n) is 12.5. The molecule has 0 spiro atoms. The second-order valence-electron chi connectivity index (χ2n) is 26.8. The van der Waals surface area contributed by atoms with Gasteiger partial charge in [-0.1, -0.05) is 130 Å². The van der Waals surface area contributed by atoms with E-state index in [0.717, 1.165) is 179 Å². The lowest BCUT2D eigenvalue weighted by Crippen LogP contribution is -2.15. The number of nitriles is 4. The summed E-state index contributed by atoms with van der Waals surface area (Å²) in [5.74, 6) is 8.71. The van der Waals surface area contributed by atoms with E-state index in [9.17, 15) is 0 Å². The van der Waals surface area contributed by atoms with E-state index in [1.165, 1.54) is 0 Å². The Bertz CT molecular complexity index is 6580. The molecule has 0 radical (unpaired) electrons. The van der Waals surface area contributed by atoms with E-state index in [1.54, 1.807) is 90.9 Å². The van der Waals surface area contributed by atoms with Crippen LogP contribution in [0.25, 0.3) is 100 Å². The van der Waals surface area contributed by atoms with Crippen LogP contribution in [-0.4, -0.2) is 117 Å². The van der Waals surface area contributed by atoms with Crippen LogP contribution in [0, 0.1) is 45.3 Å². The van der Waals surface area contributed by atoms with Crippen molar-refractivity contribution in [2.75, 3.05) is 94.9 Å². The molecule has 10 heterocycles. The van der Waals surface area contributed by atoms with Crippen LogP contribution in [0.3, 0.4) is 0 Å². The maximum absolute atomic E-state index is 8.88. The SMILES string of the molecule is N#Cc1ccc(NCCCCNc2nc(-c3ccc(Cl)cc3Cl)nc3ccccc23)nc1.N#Cc1ccc(NCCCNc2nc(-c3ccccc3Br)nc3ccccc23)nc1.N#Cc1ccc(NCCNc2nc(-c3ccsc3)nc3ccccc23)nc1.N#Cc1ccc(NCCNc2nc(-c3nccc4ccccc34)nc3ccccc23)nc1. The number of anilines is 8. The van der Waals surface area contributed by atoms with Gasteiger partial charge in [0.1, 0.15) is 76.5 Å². The Hall–Kier alpha value is -15.0. The van der Waals surface area contributed by atoms with Gasteiger partial charge in [-0.25, -0.2) is 59.8 Å². The maximum atomic E-state index is 8.88. The van der Waals surface area contributed by atoms with Crippen molar-refractivity contribution >= 4 is 151 Å². The third-order valence-corrected chi connectivity index (χ3v) is 20.5. The molecule has 8 N–H and O–H groups in total. The third-order valence-electron chi connectivity index (χ3n) is 18.5. The molecule has 0 aliphatic carbocycles. The zero-order chi connectivity index (χ0) is 83.3. The number of unbranched alkanes of at least 4 members (excludes halogenated alkanes) is 1. The van der Waals surface area contributed by atoms with Crippen LogP contribution in [0.5, 0.6) is 0 Å². The molecule has 0 aliphatic heterocycles. The van der Waals surface area contributed by atoms with Crippen LogP contribution in [0.4, 0.5) is 46.5 Å². The van der Waals surface area contributed by atoms with Crippen LogP contribution in [0.1, 0.15) is 41.5 Å². The number of hydrogen-bond donors (Lipinski definition) is 8. The quantitative estimate of drug-likeness (QED) is 0.0222. The molecule has 29 heteroatoms. The number of para-hydroxylation sites is 4. The molecule has 594 valence electrons. The van der Waals surface area contributed by atoms with Crippen molar-refractivity contribution in [1.29, 1.82) is 21.0 Å². The summed E-state index contributed by atoms with van der Waals surface area (Å²) < 4.78 is 0.963. The normalized spacial score (nSPS) is 10.6. The van der Waals surface area contributed by atoms with Gasteiger partial charge in [0.25, 0.3) is 0 Å². The second kappa shape index (κ2) is 41.7. The van der Waals surface area contributed by atoms with Crippen molar-refractivity contribution in [3.63, 3.8) is 0 Å². The average Bonchev–Trinajstić information content (AvgIpc) is 1.80. The molecule has 7 aromatic carbocycles. The van der Waals surface area contributed by atoms with E-state index in [1.807, 2.05) is 181 Å². The van der Waals surface area contributed by atoms with E-state index < -0.39 is 0 Å². The van der Waals surface area contributed by atoms with Crippen LogP contribution in [0.2, 0.25) is 10.0 Å². The third kappa shape index (κ3) is 22.2. The summed E-state index contributed by atoms with van der Waals surface area (Å²) in [6, 6.07) is 79.7. The smallest absolute Gasteiger partial charge is 0.181 e. The first-order valence-corrected chi connectivity index (χ1v) is 41.0. The summed E-state index contributed by atoms with van der Waals surface area (Å²) >= 11 is 17.6. The highest BCUT2D eigenvalue weighted by Gasteiger charge is 2.18. The molecule has 25 nitrogen and oxygen atoms in total. The molecule has 0 bridgehead atoms. The molecular formula is C92H74BrCl2N25S. The van der Waals surface area contributed by atoms with Crippen LogP contribution < -0.4 is 42.5 Å². The van der Waals surface area contributed by atoms with Crippen molar-refractivity contribution in [1.82, 2.24) is 64.8 Å². The number of pyridine rings is 5. The Labute approximate surface area is 719 Å². The predicted octanol–water partition coefficient (Wildman–Crippen LogP) is 20.2. The van der Waals surface area contributed by atoms with E-state index >= 15 is 0 Å². The Morgan fingerprint density at radius 1 is 0.331 bits per heavy atom. The number of hydrogen-bond acceptors (Lipinski definition) is 26. The number of rotatable bonds is 27. The lowest BCUT2D eigenvalue weighted by atomic mass is 10.1. The molecule has 0 atom stereocenters. The van der Waals surface area contributed by atoms with Gasteiger partial charge in [-0.3, -0.25) is 4.98 Å². The van der Waals surface area contributed by atoms with Crippen LogP contribution in [0.15, 0.2) is 271 Å². The highest BCUT2D eigenvalue weighted by molar-refractivity contribution is 9.10. The van der Waals surface area contributed by atoms with Gasteiger partial charge in [-0.05, 0) is 163 Å². The Morgan fingerprint density at radius 3 is 1.17 bits per heavy atom. The molecule has 0 saturated carbocycles. The highest BCUT2D eigenvalue weighted by Crippen LogP contribution is 2.35. The first-order valence-electron chi connectivity index (χ1n) is 38.5. The molecule has 0 unspecified atom stereocenters. The van der Waals surface area contributed by atoms with Crippen molar-refractivity contribution in [2.45, 2.75) is 19.3 Å². The van der Waals surface area contributed by atoms with Gasteiger partial charge >= 0.3 is 0 Å². The average molecular weight is 1710 g/mol. The largest absolute Gasteiger partial charge is 0.370 e. The number of nitrogens with zero attached hydrogens (tertiary/aromatic N) is 17. The molecule has 0 aliphatic rings. The number of aromatic nitrogens is 13. The lowest BCUT2D eigenvalue weighted by Gasteiger charge is -2.12. The fourth-order valence-corrected chi connectivity index (χ4v) is 14.1. The predicted molar refractivity (Wildman–Crippen MR) is 488 cm³/mol. The second-order valence-corrected chi connectivity index (χ2v) is 29.3. The molecule has 0 fully saturated rings. The standard InChI is InChI=1S/C25H19N7.C24H20Cl2N6.C23H19BrN6.C20H16N6S/c26-15-17-9-10-22(30-16-17)27-13-14-29-24-20-7-3-4-8-21(20)31-25(32-24)23-19-6-2-1-5-18(19)11-12-28-23;25-17-8-9-18(20(26)13-17)24-31-21-6-2-1-5-19(21)23(32-24)29-12-4-3-11-28-22-10-7-16(14-27)15-30-22;24-19-8-3-1-6-17(19)23-29-20-9-4-2-7-18(20)22(30-23)27-13-5-12-26-21-11-10-16(14-25)15-28-21;21-11-14-5-6-18(24-12-14)22-8-9-23-20-16-3-1-2-4-17(16)25-19(26-20)15-7-10-27-13-15/h1-12,16H,13-14H2,(H,27,30)(H,29,31,32);1-2,5-10,13,15H,3-4,11-12H2,(H,28,30)(H,29,31,32);1-4,6-11,15H,5,12-13H2,(H,26,28)(H,27,29,30);1-7,10,12-13H,8-9H2,(H,22,24)(H,23,25,26). The molecule has 17 rings (SSSR count). The molecule has 0 saturated heterocycles. The minimum absolute atomic E-state index is 0.515. The van der Waals surface area contributed by atoms with E-state index in [0.29, 0.717) is 76.0 Å². The van der Waals surface area contributed by atoms with Crippen molar-refractivity contribution in [2.24, 2.45) is 0 Å². The Morgan fingerprint density at radius 2 is 0.711 bits per heavy atom. The van der Waals surface area contributed by atoms with Gasteiger partial charge in [0, 0.05) is 142 Å². The van der Waals surface area contributed by atoms with Gasteiger partial charge in [0.2, 0.25) is 0 Å². The summed E-state index contributed by atoms with van der Waals surface area (Å²) in [6.45, 7) is 5.67. The summed E-state index contributed by atoms with van der Waals surface area (Å²) in [6.07, 6.45) is 10.8. The Kier molecular flexibility index (Phi) is 28.5. The van der Waals surface area contributed by atoms with Gasteiger partial charge in [0.05, 0.1) is 49.3 Å². The van der Waals surface area contributed by atoms with Crippen LogP contribution >= 0.6 is 50.5 Å². The number of halogens is 3. The lowest BCUT2D eigenvalue weighted by molar-refractivity contribution is 0.792. The first-order chi connectivity index (χ1) is 59.5. The number of benzene rings is 7. The van der Waals surface area contributed by atoms with E-state index in [4.69, 9.17) is 74.2 Å². The monoisotopic (exact) mass is 1710 g/mol. The molecule has 17 aromatic rings. The van der Waals surface area contributed by atoms with Gasteiger partial charge in [-0.15, -0.1) is 0 Å².